The van der Waals surface area contributed by atoms with E-state index in [1.807, 2.05) is 0 Å². The Labute approximate surface area is 173 Å². The van der Waals surface area contributed by atoms with Gasteiger partial charge in [0.15, 0.2) is 11.5 Å². The van der Waals surface area contributed by atoms with Gasteiger partial charge >= 0.3 is 0 Å². The normalized spacial score (nSPS) is 17.1. The number of hydrogen-bond acceptors (Lipinski definition) is 9. The lowest BCUT2D eigenvalue weighted by Crippen LogP contribution is -2.17. The lowest BCUT2D eigenvalue weighted by atomic mass is 10.1. The van der Waals surface area contributed by atoms with Gasteiger partial charge in [0.05, 0.1) is 17.7 Å². The molecule has 0 radical (unpaired) electrons. The minimum Gasteiger partial charge on any atom is -0.492 e. The van der Waals surface area contributed by atoms with E-state index in [2.05, 4.69) is 10.0 Å². The predicted octanol–water partition coefficient (Wildman–Crippen LogP) is 2.78. The van der Waals surface area contributed by atoms with Crippen molar-refractivity contribution in [3.8, 4) is 17.2 Å². The van der Waals surface area contributed by atoms with E-state index >= 15 is 0 Å². The molecular weight excluding hydrogens is 444 g/mol. The number of carbonyl (C=O) groups excluding carboxylic acids is 1. The number of thiophene rings is 1. The van der Waals surface area contributed by atoms with Crippen LogP contribution in [0.4, 0.5) is 5.69 Å². The third kappa shape index (κ3) is 3.43. The molecule has 2 N–H and O–H groups in total. The van der Waals surface area contributed by atoms with Crippen molar-refractivity contribution in [2.75, 3.05) is 18.6 Å². The van der Waals surface area contributed by atoms with Crippen molar-refractivity contribution in [1.82, 2.24) is 5.32 Å². The molecule has 0 atom stereocenters. The van der Waals surface area contributed by atoms with Gasteiger partial charge in [0.1, 0.15) is 8.53 Å². The first-order chi connectivity index (χ1) is 13.4. The molecule has 28 heavy (non-hydrogen) atoms. The number of thioether (sulfide) groups is 1. The van der Waals surface area contributed by atoms with Crippen molar-refractivity contribution >= 4 is 67.3 Å². The molecule has 3 heterocycles. The van der Waals surface area contributed by atoms with Gasteiger partial charge in [-0.25, -0.2) is 8.42 Å². The van der Waals surface area contributed by atoms with E-state index in [0.29, 0.717) is 26.3 Å². The maximum Gasteiger partial charge on any atom is 0.271 e. The van der Waals surface area contributed by atoms with Gasteiger partial charge < -0.3 is 19.5 Å². The fraction of sp³-hybridized carbons (Fsp3) is 0.125. The summed E-state index contributed by atoms with van der Waals surface area (Å²) in [7, 11) is -2.42. The van der Waals surface area contributed by atoms with Crippen molar-refractivity contribution in [3.63, 3.8) is 0 Å². The van der Waals surface area contributed by atoms with Gasteiger partial charge in [-0.05, 0) is 17.5 Å². The molecule has 1 aromatic heterocycles. The molecule has 0 aliphatic carbocycles. The Morgan fingerprint density at radius 3 is 2.86 bits per heavy atom. The first-order valence-electron chi connectivity index (χ1n) is 7.71. The molecule has 8 nitrogen and oxygen atoms in total. The lowest BCUT2D eigenvalue weighted by Gasteiger charge is -2.15. The summed E-state index contributed by atoms with van der Waals surface area (Å²) in [4.78, 5) is 12.4. The average molecular weight is 457 g/mol. The molecule has 4 rings (SSSR count). The predicted molar refractivity (Wildman–Crippen MR) is 111 cm³/mol. The Morgan fingerprint density at radius 1 is 1.39 bits per heavy atom. The van der Waals surface area contributed by atoms with Crippen LogP contribution < -0.4 is 24.2 Å². The first-order valence-corrected chi connectivity index (χ1v) is 11.3. The number of nitrogens with one attached hydrogen (secondary N) is 2. The van der Waals surface area contributed by atoms with Crippen molar-refractivity contribution in [3.05, 3.63) is 34.0 Å². The quantitative estimate of drug-likeness (QED) is 0.523. The zero-order valence-electron chi connectivity index (χ0n) is 14.2. The van der Waals surface area contributed by atoms with Crippen molar-refractivity contribution in [1.29, 1.82) is 0 Å². The third-order valence-electron chi connectivity index (χ3n) is 3.78. The van der Waals surface area contributed by atoms with Crippen LogP contribution in [0.25, 0.3) is 6.08 Å². The van der Waals surface area contributed by atoms with Gasteiger partial charge in [-0.15, -0.1) is 11.3 Å². The van der Waals surface area contributed by atoms with Crippen LogP contribution in [0.15, 0.2) is 32.7 Å². The summed E-state index contributed by atoms with van der Waals surface area (Å²) >= 11 is 7.17. The van der Waals surface area contributed by atoms with E-state index in [0.717, 1.165) is 23.1 Å². The molecule has 1 saturated heterocycles. The standard InChI is InChI=1S/C16H12N2O6S4/c1-22-13-8(5-11-15(19)17-16(25)27-11)9(6-10-14(13)24-7-23-10)18-28(20,21)12-3-2-4-26-12/h2-6,18H,7H2,1H3,(H,17,19,25)/b11-5-. The van der Waals surface area contributed by atoms with E-state index < -0.39 is 10.0 Å². The summed E-state index contributed by atoms with van der Waals surface area (Å²) in [5.41, 5.74) is 0.516. The second-order valence-corrected chi connectivity index (χ2v) is 10.1. The Bertz CT molecular complexity index is 1110. The molecule has 2 aliphatic rings. The van der Waals surface area contributed by atoms with E-state index in [1.54, 1.807) is 11.4 Å². The molecule has 2 aromatic rings. The van der Waals surface area contributed by atoms with E-state index in [-0.39, 0.29) is 28.3 Å². The molecule has 0 saturated carbocycles. The summed E-state index contributed by atoms with van der Waals surface area (Å²) in [6.45, 7) is -0.0256. The molecule has 0 bridgehead atoms. The largest absolute Gasteiger partial charge is 0.492 e. The van der Waals surface area contributed by atoms with E-state index in [4.69, 9.17) is 26.4 Å². The molecule has 12 heteroatoms. The smallest absolute Gasteiger partial charge is 0.271 e. The maximum absolute atomic E-state index is 12.7. The Balaban J connectivity index is 1.87. The van der Waals surface area contributed by atoms with Crippen molar-refractivity contribution < 1.29 is 27.4 Å². The van der Waals surface area contributed by atoms with E-state index in [9.17, 15) is 13.2 Å². The van der Waals surface area contributed by atoms with Crippen LogP contribution >= 0.6 is 35.3 Å². The van der Waals surface area contributed by atoms with Gasteiger partial charge in [0.25, 0.3) is 15.9 Å². The number of ether oxygens (including phenoxy) is 3. The van der Waals surface area contributed by atoms with Gasteiger partial charge in [-0.1, -0.05) is 30.0 Å². The summed E-state index contributed by atoms with van der Waals surface area (Å²) in [5, 5.41) is 4.19. The second-order valence-electron chi connectivity index (χ2n) is 5.49. The van der Waals surface area contributed by atoms with Gasteiger partial charge in [-0.2, -0.15) is 0 Å². The number of thiocarbonyl (C=S) groups is 1. The van der Waals surface area contributed by atoms with Crippen LogP contribution in [-0.4, -0.2) is 32.5 Å². The molecule has 2 aliphatic heterocycles. The third-order valence-corrected chi connectivity index (χ3v) is 7.71. The molecule has 0 spiro atoms. The minimum atomic E-state index is -3.84. The topological polar surface area (TPSA) is 103 Å². The SMILES string of the molecule is COc1c(/C=C2\SC(=S)NC2=O)c(NS(=O)(=O)c2cccs2)cc2c1OCO2. The van der Waals surface area contributed by atoms with Crippen LogP contribution in [0.5, 0.6) is 17.2 Å². The van der Waals surface area contributed by atoms with E-state index in [1.165, 1.54) is 25.3 Å². The highest BCUT2D eigenvalue weighted by atomic mass is 32.2. The van der Waals surface area contributed by atoms with Crippen molar-refractivity contribution in [2.45, 2.75) is 4.21 Å². The average Bonchev–Trinajstić information content (AvgIpc) is 3.37. The molecule has 1 aromatic carbocycles. The van der Waals surface area contributed by atoms with Crippen LogP contribution in [0.3, 0.4) is 0 Å². The summed E-state index contributed by atoms with van der Waals surface area (Å²) in [6, 6.07) is 4.63. The maximum atomic E-state index is 12.7. The minimum absolute atomic E-state index is 0.0256. The Morgan fingerprint density at radius 2 is 2.21 bits per heavy atom. The zero-order valence-corrected chi connectivity index (χ0v) is 17.4. The molecule has 0 unspecified atom stereocenters. The highest BCUT2D eigenvalue weighted by Gasteiger charge is 2.29. The molecular formula is C16H12N2O6S4. The van der Waals surface area contributed by atoms with Gasteiger partial charge in [0.2, 0.25) is 12.5 Å². The molecule has 1 amide bonds. The number of hydrogen-bond donors (Lipinski definition) is 2. The number of methoxy groups -OCH3 is 1. The highest BCUT2D eigenvalue weighted by molar-refractivity contribution is 8.26. The summed E-state index contributed by atoms with van der Waals surface area (Å²) in [6.07, 6.45) is 1.51. The van der Waals surface area contributed by atoms with Crippen molar-refractivity contribution in [2.24, 2.45) is 0 Å². The Hall–Kier alpha value is -2.28. The van der Waals surface area contributed by atoms with Crippen LogP contribution in [-0.2, 0) is 14.8 Å². The molecule has 146 valence electrons. The Kier molecular flexibility index (Phi) is 4.95. The number of amides is 1. The fourth-order valence-electron chi connectivity index (χ4n) is 2.62. The number of sulfonamides is 1. The summed E-state index contributed by atoms with van der Waals surface area (Å²) < 4.78 is 44.8. The van der Waals surface area contributed by atoms with Gasteiger partial charge in [0, 0.05) is 11.6 Å². The number of anilines is 1. The monoisotopic (exact) mass is 456 g/mol. The van der Waals surface area contributed by atoms with Crippen LogP contribution in [0.1, 0.15) is 5.56 Å². The van der Waals surface area contributed by atoms with Crippen LogP contribution in [0, 0.1) is 0 Å². The fourth-order valence-corrected chi connectivity index (χ4v) is 5.71. The number of benzene rings is 1. The number of rotatable bonds is 5. The highest BCUT2D eigenvalue weighted by Crippen LogP contribution is 2.48. The second kappa shape index (κ2) is 7.28. The number of carbonyl (C=O) groups is 1. The zero-order chi connectivity index (χ0) is 19.9. The van der Waals surface area contributed by atoms with Gasteiger partial charge in [-0.3, -0.25) is 9.52 Å². The molecule has 1 fully saturated rings. The first kappa shape index (κ1) is 19.1. The summed E-state index contributed by atoms with van der Waals surface area (Å²) in [5.74, 6) is 0.542. The van der Waals surface area contributed by atoms with Crippen LogP contribution in [0.2, 0.25) is 0 Å². The lowest BCUT2D eigenvalue weighted by molar-refractivity contribution is -0.115. The number of fused-ring (bicyclic) bond motifs is 1.